The van der Waals surface area contributed by atoms with E-state index in [1.54, 1.807) is 4.57 Å². The molecule has 0 saturated heterocycles. The van der Waals surface area contributed by atoms with Crippen molar-refractivity contribution in [3.05, 3.63) is 10.5 Å². The first-order valence-electron chi connectivity index (χ1n) is 5.21. The molecule has 0 fully saturated rings. The van der Waals surface area contributed by atoms with Gasteiger partial charge < -0.3 is 4.74 Å². The van der Waals surface area contributed by atoms with Crippen molar-refractivity contribution < 1.29 is 4.74 Å². The third-order valence-corrected chi connectivity index (χ3v) is 2.95. The molecule has 0 aliphatic rings. The minimum Gasteiger partial charge on any atom is -0.379 e. The average molecular weight is 266 g/mol. The van der Waals surface area contributed by atoms with Crippen LogP contribution in [0.4, 0.5) is 0 Å². The maximum absolute atomic E-state index is 11.3. The summed E-state index contributed by atoms with van der Waals surface area (Å²) in [5.41, 5.74) is -0.147. The molecule has 5 nitrogen and oxygen atoms in total. The highest BCUT2D eigenvalue weighted by Gasteiger charge is 2.07. The first-order chi connectivity index (χ1) is 7.79. The third kappa shape index (κ3) is 4.19. The molecule has 0 bridgehead atoms. The summed E-state index contributed by atoms with van der Waals surface area (Å²) in [6.07, 6.45) is 0.912. The molecule has 0 radical (unpaired) electrons. The SMILES string of the molecule is CCCn1c(SCCOCCCl)n[nH]c1=O. The zero-order chi connectivity index (χ0) is 11.8. The van der Waals surface area contributed by atoms with Crippen molar-refractivity contribution in [1.29, 1.82) is 0 Å². The van der Waals surface area contributed by atoms with E-state index >= 15 is 0 Å². The van der Waals surface area contributed by atoms with Crippen molar-refractivity contribution in [2.75, 3.05) is 24.8 Å². The van der Waals surface area contributed by atoms with Crippen molar-refractivity contribution in [1.82, 2.24) is 14.8 Å². The molecule has 92 valence electrons. The van der Waals surface area contributed by atoms with Crippen molar-refractivity contribution in [3.63, 3.8) is 0 Å². The molecule has 0 spiro atoms. The van der Waals surface area contributed by atoms with Gasteiger partial charge in [0.15, 0.2) is 5.16 Å². The van der Waals surface area contributed by atoms with Crippen LogP contribution in [-0.4, -0.2) is 39.6 Å². The molecule has 0 unspecified atom stereocenters. The molecule has 0 amide bonds. The zero-order valence-electron chi connectivity index (χ0n) is 9.24. The van der Waals surface area contributed by atoms with Crippen LogP contribution in [-0.2, 0) is 11.3 Å². The second-order valence-corrected chi connectivity index (χ2v) is 4.55. The predicted molar refractivity (Wildman–Crippen MR) is 65.4 cm³/mol. The van der Waals surface area contributed by atoms with E-state index in [2.05, 4.69) is 10.2 Å². The van der Waals surface area contributed by atoms with E-state index in [0.717, 1.165) is 17.3 Å². The minimum atomic E-state index is -0.147. The smallest absolute Gasteiger partial charge is 0.343 e. The second kappa shape index (κ2) is 7.76. The van der Waals surface area contributed by atoms with Crippen molar-refractivity contribution >= 4 is 23.4 Å². The fourth-order valence-corrected chi connectivity index (χ4v) is 2.12. The van der Waals surface area contributed by atoms with Gasteiger partial charge in [0.25, 0.3) is 0 Å². The maximum atomic E-state index is 11.3. The fourth-order valence-electron chi connectivity index (χ4n) is 1.18. The zero-order valence-corrected chi connectivity index (χ0v) is 10.8. The minimum absolute atomic E-state index is 0.147. The van der Waals surface area contributed by atoms with Crippen molar-refractivity contribution in [2.24, 2.45) is 0 Å². The Hall–Kier alpha value is -0.460. The van der Waals surface area contributed by atoms with E-state index in [9.17, 15) is 4.79 Å². The molecule has 7 heteroatoms. The largest absolute Gasteiger partial charge is 0.379 e. The topological polar surface area (TPSA) is 59.9 Å². The van der Waals surface area contributed by atoms with Gasteiger partial charge in [0.1, 0.15) is 0 Å². The Bertz CT molecular complexity index is 353. The number of rotatable bonds is 8. The van der Waals surface area contributed by atoms with Gasteiger partial charge in [-0.25, -0.2) is 9.89 Å². The van der Waals surface area contributed by atoms with Gasteiger partial charge in [-0.2, -0.15) is 0 Å². The van der Waals surface area contributed by atoms with Crippen LogP contribution in [0.25, 0.3) is 0 Å². The van der Waals surface area contributed by atoms with Crippen LogP contribution in [0, 0.1) is 0 Å². The molecule has 1 N–H and O–H groups in total. The molecule has 1 aromatic rings. The summed E-state index contributed by atoms with van der Waals surface area (Å²) in [6, 6.07) is 0. The summed E-state index contributed by atoms with van der Waals surface area (Å²) in [6.45, 7) is 3.90. The lowest BCUT2D eigenvalue weighted by Crippen LogP contribution is -2.17. The van der Waals surface area contributed by atoms with Gasteiger partial charge in [-0.1, -0.05) is 18.7 Å². The Morgan fingerprint density at radius 3 is 3.06 bits per heavy atom. The Balaban J connectivity index is 2.38. The Morgan fingerprint density at radius 1 is 1.56 bits per heavy atom. The van der Waals surface area contributed by atoms with E-state index in [1.165, 1.54) is 11.8 Å². The molecular weight excluding hydrogens is 250 g/mol. The Kier molecular flexibility index (Phi) is 6.59. The number of H-pyrrole nitrogens is 1. The Morgan fingerprint density at radius 2 is 2.38 bits per heavy atom. The number of ether oxygens (including phenoxy) is 1. The lowest BCUT2D eigenvalue weighted by atomic mass is 10.5. The first-order valence-corrected chi connectivity index (χ1v) is 6.73. The van der Waals surface area contributed by atoms with Crippen LogP contribution in [0.2, 0.25) is 0 Å². The molecule has 0 atom stereocenters. The molecular formula is C9H16ClN3O2S. The number of halogens is 1. The van der Waals surface area contributed by atoms with Crippen LogP contribution in [0.3, 0.4) is 0 Å². The quantitative estimate of drug-likeness (QED) is 0.438. The summed E-state index contributed by atoms with van der Waals surface area (Å²) in [5.74, 6) is 1.28. The molecule has 0 aliphatic heterocycles. The number of nitrogens with zero attached hydrogens (tertiary/aromatic N) is 2. The first kappa shape index (κ1) is 13.6. The van der Waals surface area contributed by atoms with Gasteiger partial charge in [-0.3, -0.25) is 4.57 Å². The van der Waals surface area contributed by atoms with Gasteiger partial charge >= 0.3 is 5.69 Å². The molecule has 16 heavy (non-hydrogen) atoms. The van der Waals surface area contributed by atoms with Gasteiger partial charge in [-0.05, 0) is 6.42 Å². The number of alkyl halides is 1. The molecule has 1 rings (SSSR count). The molecule has 1 heterocycles. The number of nitrogens with one attached hydrogen (secondary N) is 1. The van der Waals surface area contributed by atoms with Crippen LogP contribution < -0.4 is 5.69 Å². The lowest BCUT2D eigenvalue weighted by Gasteiger charge is -2.03. The summed E-state index contributed by atoms with van der Waals surface area (Å²) in [5, 5.41) is 7.13. The van der Waals surface area contributed by atoms with E-state index in [4.69, 9.17) is 16.3 Å². The third-order valence-electron chi connectivity index (χ3n) is 1.85. The molecule has 0 saturated carbocycles. The summed E-state index contributed by atoms with van der Waals surface area (Å²) >= 11 is 6.98. The van der Waals surface area contributed by atoms with E-state index in [0.29, 0.717) is 25.6 Å². The predicted octanol–water partition coefficient (Wildman–Crippen LogP) is 1.33. The van der Waals surface area contributed by atoms with Crippen molar-refractivity contribution in [2.45, 2.75) is 25.0 Å². The summed E-state index contributed by atoms with van der Waals surface area (Å²) < 4.78 is 6.88. The highest BCUT2D eigenvalue weighted by Crippen LogP contribution is 2.12. The van der Waals surface area contributed by atoms with Crippen LogP contribution in [0.5, 0.6) is 0 Å². The van der Waals surface area contributed by atoms with Crippen LogP contribution in [0.1, 0.15) is 13.3 Å². The van der Waals surface area contributed by atoms with E-state index in [1.807, 2.05) is 6.92 Å². The van der Waals surface area contributed by atoms with Crippen molar-refractivity contribution in [3.8, 4) is 0 Å². The summed E-state index contributed by atoms with van der Waals surface area (Å²) in [7, 11) is 0. The molecule has 0 aromatic carbocycles. The van der Waals surface area contributed by atoms with Gasteiger partial charge in [0.05, 0.1) is 13.2 Å². The fraction of sp³-hybridized carbons (Fsp3) is 0.778. The summed E-state index contributed by atoms with van der Waals surface area (Å²) in [4.78, 5) is 11.3. The maximum Gasteiger partial charge on any atom is 0.343 e. The van der Waals surface area contributed by atoms with E-state index in [-0.39, 0.29) is 5.69 Å². The highest BCUT2D eigenvalue weighted by atomic mass is 35.5. The Labute approximate surface area is 104 Å². The monoisotopic (exact) mass is 265 g/mol. The number of hydrogen-bond acceptors (Lipinski definition) is 4. The molecule has 1 aromatic heterocycles. The highest BCUT2D eigenvalue weighted by molar-refractivity contribution is 7.99. The van der Waals surface area contributed by atoms with Crippen LogP contribution in [0.15, 0.2) is 9.95 Å². The number of hydrogen-bond donors (Lipinski definition) is 1. The number of thioether (sulfide) groups is 1. The van der Waals surface area contributed by atoms with Crippen LogP contribution >= 0.6 is 23.4 Å². The van der Waals surface area contributed by atoms with Gasteiger partial charge in [0, 0.05) is 18.2 Å². The number of aromatic amines is 1. The van der Waals surface area contributed by atoms with Gasteiger partial charge in [0.2, 0.25) is 0 Å². The number of aromatic nitrogens is 3. The van der Waals surface area contributed by atoms with E-state index < -0.39 is 0 Å². The normalized spacial score (nSPS) is 10.9. The lowest BCUT2D eigenvalue weighted by molar-refractivity contribution is 0.166. The second-order valence-electron chi connectivity index (χ2n) is 3.11. The molecule has 0 aliphatic carbocycles. The van der Waals surface area contributed by atoms with Gasteiger partial charge in [-0.15, -0.1) is 16.7 Å². The standard InChI is InChI=1S/C9H16ClN3O2S/c1-2-4-13-8(14)11-12-9(13)16-7-6-15-5-3-10/h2-7H2,1H3,(H,11,14). The average Bonchev–Trinajstić information content (AvgIpc) is 2.62.